The molecule has 1 heterocycles. The number of halogens is 3. The first-order chi connectivity index (χ1) is 10.6. The summed E-state index contributed by atoms with van der Waals surface area (Å²) in [7, 11) is 0. The lowest BCUT2D eigenvalue weighted by atomic mass is 9.90. The van der Waals surface area contributed by atoms with E-state index in [1.165, 1.54) is 36.1 Å². The Morgan fingerprint density at radius 1 is 1.35 bits per heavy atom. The molecule has 126 valence electrons. The summed E-state index contributed by atoms with van der Waals surface area (Å²) in [4.78, 5) is 24.5. The van der Waals surface area contributed by atoms with Crippen LogP contribution in [0.25, 0.3) is 0 Å². The average molecular weight is 348 g/mol. The van der Waals surface area contributed by atoms with Gasteiger partial charge in [-0.15, -0.1) is 0 Å². The van der Waals surface area contributed by atoms with Crippen LogP contribution in [0.5, 0.6) is 0 Å². The summed E-state index contributed by atoms with van der Waals surface area (Å²) in [5.41, 5.74) is -5.45. The summed E-state index contributed by atoms with van der Waals surface area (Å²) >= 11 is -0.311. The second-order valence-electron chi connectivity index (χ2n) is 5.51. The molecule has 1 aliphatic heterocycles. The normalized spacial score (nSPS) is 21.3. The van der Waals surface area contributed by atoms with Crippen molar-refractivity contribution in [3.8, 4) is 0 Å². The first-order valence-electron chi connectivity index (χ1n) is 6.75. The number of thioether (sulfide) groups is 1. The second kappa shape index (κ2) is 6.31. The zero-order valence-corrected chi connectivity index (χ0v) is 13.0. The van der Waals surface area contributed by atoms with Crippen LogP contribution in [0.4, 0.5) is 23.7 Å². The van der Waals surface area contributed by atoms with Gasteiger partial charge in [-0.3, -0.25) is 4.79 Å². The van der Waals surface area contributed by atoms with Gasteiger partial charge in [-0.1, -0.05) is 12.1 Å². The molecule has 2 amide bonds. The summed E-state index contributed by atoms with van der Waals surface area (Å²) in [5, 5.41) is 11.6. The van der Waals surface area contributed by atoms with Crippen molar-refractivity contribution in [2.45, 2.75) is 23.7 Å². The van der Waals surface area contributed by atoms with Crippen LogP contribution >= 0.6 is 11.8 Å². The molecular weight excluding hydrogens is 333 g/mol. The highest BCUT2D eigenvalue weighted by Crippen LogP contribution is 2.40. The zero-order chi connectivity index (χ0) is 17.3. The maximum absolute atomic E-state index is 12.5. The molecule has 1 aliphatic rings. The third-order valence-corrected chi connectivity index (χ3v) is 4.44. The van der Waals surface area contributed by atoms with E-state index in [9.17, 15) is 22.8 Å². The molecule has 0 aliphatic carbocycles. The number of hydrogen-bond donors (Lipinski definition) is 2. The van der Waals surface area contributed by atoms with Gasteiger partial charge < -0.3 is 15.3 Å². The molecule has 5 nitrogen and oxygen atoms in total. The van der Waals surface area contributed by atoms with Gasteiger partial charge in [0.2, 0.25) is 0 Å². The molecule has 0 saturated carbocycles. The third-order valence-electron chi connectivity index (χ3n) is 3.63. The first-order valence-corrected chi connectivity index (χ1v) is 7.56. The van der Waals surface area contributed by atoms with Gasteiger partial charge in [0.15, 0.2) is 0 Å². The fraction of sp³-hybridized carbons (Fsp3) is 0.429. The van der Waals surface area contributed by atoms with E-state index in [1.807, 2.05) is 0 Å². The number of amides is 2. The summed E-state index contributed by atoms with van der Waals surface area (Å²) < 4.78 is 37.6. The lowest BCUT2D eigenvalue weighted by Crippen LogP contribution is -2.37. The Bertz CT molecular complexity index is 624. The minimum atomic E-state index is -4.46. The molecule has 0 radical (unpaired) electrons. The van der Waals surface area contributed by atoms with E-state index in [1.54, 1.807) is 0 Å². The molecule has 1 saturated heterocycles. The fourth-order valence-electron chi connectivity index (χ4n) is 2.29. The Kier molecular flexibility index (Phi) is 4.79. The van der Waals surface area contributed by atoms with Crippen LogP contribution in [0.2, 0.25) is 0 Å². The largest absolute Gasteiger partial charge is 0.481 e. The number of carbonyl (C=O) groups is 2. The van der Waals surface area contributed by atoms with Crippen molar-refractivity contribution in [1.29, 1.82) is 0 Å². The van der Waals surface area contributed by atoms with E-state index in [0.29, 0.717) is 6.42 Å². The first kappa shape index (κ1) is 17.5. The van der Waals surface area contributed by atoms with Crippen molar-refractivity contribution in [3.63, 3.8) is 0 Å². The van der Waals surface area contributed by atoms with Gasteiger partial charge in [-0.25, -0.2) is 4.79 Å². The highest BCUT2D eigenvalue weighted by Gasteiger charge is 2.42. The molecule has 1 aromatic carbocycles. The standard InChI is InChI=1S/C14H15F3N2O3S/c1-13(11(20)21)6-7-19(8-13)12(22)18-9-4-2-3-5-10(9)23-14(15,16)17/h2-5H,6-8H2,1H3,(H,18,22)(H,20,21). The van der Waals surface area contributed by atoms with E-state index in [4.69, 9.17) is 5.11 Å². The van der Waals surface area contributed by atoms with Crippen molar-refractivity contribution in [2.24, 2.45) is 5.41 Å². The average Bonchev–Trinajstić information content (AvgIpc) is 2.83. The summed E-state index contributed by atoms with van der Waals surface area (Å²) in [6.45, 7) is 1.79. The van der Waals surface area contributed by atoms with Gasteiger partial charge in [-0.05, 0) is 37.2 Å². The smallest absolute Gasteiger partial charge is 0.446 e. The number of carboxylic acids is 1. The van der Waals surface area contributed by atoms with Crippen LogP contribution in [-0.2, 0) is 4.79 Å². The maximum atomic E-state index is 12.5. The van der Waals surface area contributed by atoms with Crippen LogP contribution < -0.4 is 5.32 Å². The number of urea groups is 1. The van der Waals surface area contributed by atoms with Gasteiger partial charge in [0.05, 0.1) is 11.1 Å². The Labute approximate surface area is 134 Å². The number of hydrogen-bond acceptors (Lipinski definition) is 3. The molecule has 1 atom stereocenters. The van der Waals surface area contributed by atoms with Crippen molar-refractivity contribution >= 4 is 29.4 Å². The third kappa shape index (κ3) is 4.31. The van der Waals surface area contributed by atoms with Gasteiger partial charge in [0.1, 0.15) is 0 Å². The summed E-state index contributed by atoms with van der Waals surface area (Å²) in [6.07, 6.45) is 0.300. The number of para-hydroxylation sites is 1. The Morgan fingerprint density at radius 3 is 2.57 bits per heavy atom. The molecule has 1 fully saturated rings. The number of carboxylic acid groups (broad SMARTS) is 1. The van der Waals surface area contributed by atoms with E-state index in [2.05, 4.69) is 5.32 Å². The number of anilines is 1. The lowest BCUT2D eigenvalue weighted by molar-refractivity contribution is -0.146. The number of alkyl halides is 3. The van der Waals surface area contributed by atoms with Gasteiger partial charge in [0.25, 0.3) is 0 Å². The van der Waals surface area contributed by atoms with E-state index >= 15 is 0 Å². The van der Waals surface area contributed by atoms with Crippen molar-refractivity contribution in [2.75, 3.05) is 18.4 Å². The van der Waals surface area contributed by atoms with Crippen molar-refractivity contribution < 1.29 is 27.9 Å². The molecule has 2 N–H and O–H groups in total. The van der Waals surface area contributed by atoms with Crippen molar-refractivity contribution in [3.05, 3.63) is 24.3 Å². The Balaban J connectivity index is 2.09. The van der Waals surface area contributed by atoms with Crippen LogP contribution in [0.3, 0.4) is 0 Å². The predicted octanol–water partition coefficient (Wildman–Crippen LogP) is 3.63. The topological polar surface area (TPSA) is 69.6 Å². The minimum absolute atomic E-state index is 0.0166. The minimum Gasteiger partial charge on any atom is -0.481 e. The SMILES string of the molecule is CC1(C(=O)O)CCN(C(=O)Nc2ccccc2SC(F)(F)F)C1. The van der Waals surface area contributed by atoms with E-state index in [-0.39, 0.29) is 35.4 Å². The maximum Gasteiger partial charge on any atom is 0.446 e. The van der Waals surface area contributed by atoms with E-state index in [0.717, 1.165) is 0 Å². The fourth-order valence-corrected chi connectivity index (χ4v) is 2.91. The monoisotopic (exact) mass is 348 g/mol. The molecule has 0 spiro atoms. The lowest BCUT2D eigenvalue weighted by Gasteiger charge is -2.21. The quantitative estimate of drug-likeness (QED) is 0.819. The molecule has 0 aromatic heterocycles. The van der Waals surface area contributed by atoms with Gasteiger partial charge in [-0.2, -0.15) is 13.2 Å². The number of nitrogens with zero attached hydrogens (tertiary/aromatic N) is 1. The number of nitrogens with one attached hydrogen (secondary N) is 1. The van der Waals surface area contributed by atoms with E-state index < -0.39 is 22.9 Å². The number of likely N-dealkylation sites (tertiary alicyclic amines) is 1. The van der Waals surface area contributed by atoms with Crippen LogP contribution in [-0.4, -0.2) is 40.6 Å². The van der Waals surface area contributed by atoms with Crippen molar-refractivity contribution in [1.82, 2.24) is 4.90 Å². The molecule has 2 rings (SSSR count). The molecule has 1 unspecified atom stereocenters. The molecule has 0 bridgehead atoms. The summed E-state index contributed by atoms with van der Waals surface area (Å²) in [6, 6.07) is 4.99. The van der Waals surface area contributed by atoms with Crippen LogP contribution in [0, 0.1) is 5.41 Å². The summed E-state index contributed by atoms with van der Waals surface area (Å²) in [5.74, 6) is -0.999. The number of aliphatic carboxylic acids is 1. The molecule has 9 heteroatoms. The molecule has 1 aromatic rings. The Hall–Kier alpha value is -1.90. The zero-order valence-electron chi connectivity index (χ0n) is 12.2. The van der Waals surface area contributed by atoms with Gasteiger partial charge >= 0.3 is 17.5 Å². The number of benzene rings is 1. The highest BCUT2D eigenvalue weighted by molar-refractivity contribution is 8.00. The number of rotatable bonds is 3. The molecular formula is C14H15F3N2O3S. The predicted molar refractivity (Wildman–Crippen MR) is 79.3 cm³/mol. The van der Waals surface area contributed by atoms with Gasteiger partial charge in [0, 0.05) is 18.0 Å². The Morgan fingerprint density at radius 2 is 2.00 bits per heavy atom. The second-order valence-corrected chi connectivity index (χ2v) is 6.62. The van der Waals surface area contributed by atoms with Crippen LogP contribution in [0.15, 0.2) is 29.2 Å². The molecule has 23 heavy (non-hydrogen) atoms. The van der Waals surface area contributed by atoms with Crippen LogP contribution in [0.1, 0.15) is 13.3 Å². The highest BCUT2D eigenvalue weighted by atomic mass is 32.2. The number of carbonyl (C=O) groups excluding carboxylic acids is 1.